The molecule has 0 radical (unpaired) electrons. The van der Waals surface area contributed by atoms with Gasteiger partial charge in [0.05, 0.1) is 42.3 Å². The van der Waals surface area contributed by atoms with E-state index in [0.29, 0.717) is 40.4 Å². The van der Waals surface area contributed by atoms with Crippen LogP contribution in [0.25, 0.3) is 11.0 Å². The molecule has 0 aliphatic rings. The number of furan rings is 1. The van der Waals surface area contributed by atoms with Gasteiger partial charge in [-0.2, -0.15) is 5.10 Å². The van der Waals surface area contributed by atoms with Gasteiger partial charge in [0.2, 0.25) is 0 Å². The molecule has 3 heterocycles. The zero-order chi connectivity index (χ0) is 24.9. The van der Waals surface area contributed by atoms with Gasteiger partial charge in [-0.05, 0) is 61.9 Å². The molecule has 5 rings (SSSR count). The van der Waals surface area contributed by atoms with Crippen LogP contribution in [0.15, 0.2) is 88.5 Å². The molecule has 8 heteroatoms. The summed E-state index contributed by atoms with van der Waals surface area (Å²) in [6.07, 6.45) is 3.12. The van der Waals surface area contributed by atoms with Gasteiger partial charge in [0.15, 0.2) is 11.5 Å². The molecule has 36 heavy (non-hydrogen) atoms. The fourth-order valence-electron chi connectivity index (χ4n) is 3.84. The van der Waals surface area contributed by atoms with Gasteiger partial charge in [-0.15, -0.1) is 0 Å². The van der Waals surface area contributed by atoms with Crippen molar-refractivity contribution in [2.24, 2.45) is 4.99 Å². The summed E-state index contributed by atoms with van der Waals surface area (Å²) in [6, 6.07) is 22.6. The van der Waals surface area contributed by atoms with Crippen LogP contribution in [0.5, 0.6) is 11.5 Å². The molecule has 0 atom stereocenters. The molecule has 0 N–H and O–H groups in total. The summed E-state index contributed by atoms with van der Waals surface area (Å²) in [5.41, 5.74) is 2.62. The van der Waals surface area contributed by atoms with E-state index in [9.17, 15) is 4.79 Å². The van der Waals surface area contributed by atoms with E-state index in [1.807, 2.05) is 61.5 Å². The van der Waals surface area contributed by atoms with Crippen molar-refractivity contribution in [3.8, 4) is 11.5 Å². The monoisotopic (exact) mass is 480 g/mol. The minimum absolute atomic E-state index is 0.262. The number of para-hydroxylation sites is 1. The Labute approximate surface area is 207 Å². The molecule has 0 fully saturated rings. The van der Waals surface area contributed by atoms with Gasteiger partial charge >= 0.3 is 5.97 Å². The van der Waals surface area contributed by atoms with E-state index in [2.05, 4.69) is 10.1 Å². The first kappa shape index (κ1) is 23.0. The van der Waals surface area contributed by atoms with Crippen LogP contribution in [0.2, 0.25) is 0 Å². The standard InChI is InChI=1S/C28H24N4O4/c1-3-34-28(33)24-16-25(29-17-23-10-7-15-35-23)30-27-26(24)19(2)31-32(27)18-20-11-13-22(14-12-20)36-21-8-5-4-6-9-21/h4-17H,3,18H2,1-2H3. The van der Waals surface area contributed by atoms with Crippen LogP contribution >= 0.6 is 0 Å². The lowest BCUT2D eigenvalue weighted by molar-refractivity contribution is 0.0528. The number of pyridine rings is 1. The number of ether oxygens (including phenoxy) is 2. The summed E-state index contributed by atoms with van der Waals surface area (Å²) in [5, 5.41) is 5.32. The Balaban J connectivity index is 1.48. The maximum absolute atomic E-state index is 12.8. The second-order valence-corrected chi connectivity index (χ2v) is 8.02. The van der Waals surface area contributed by atoms with Crippen molar-refractivity contribution in [1.29, 1.82) is 0 Å². The van der Waals surface area contributed by atoms with E-state index in [1.165, 1.54) is 0 Å². The average molecular weight is 481 g/mol. The maximum Gasteiger partial charge on any atom is 0.339 e. The summed E-state index contributed by atoms with van der Waals surface area (Å²) in [6.45, 7) is 4.34. The number of esters is 1. The normalized spacial score (nSPS) is 11.3. The molecule has 0 aliphatic carbocycles. The molecule has 0 spiro atoms. The molecule has 0 aliphatic heterocycles. The highest BCUT2D eigenvalue weighted by molar-refractivity contribution is 6.04. The Kier molecular flexibility index (Phi) is 6.57. The summed E-state index contributed by atoms with van der Waals surface area (Å²) in [4.78, 5) is 21.9. The van der Waals surface area contributed by atoms with E-state index in [0.717, 1.165) is 17.1 Å². The number of carbonyl (C=O) groups excluding carboxylic acids is 1. The first-order valence-electron chi connectivity index (χ1n) is 11.6. The predicted octanol–water partition coefficient (Wildman–Crippen LogP) is 6.10. The summed E-state index contributed by atoms with van der Waals surface area (Å²) in [5.74, 6) is 2.01. The lowest BCUT2D eigenvalue weighted by Gasteiger charge is -2.08. The SMILES string of the molecule is CCOC(=O)c1cc(N=Cc2ccco2)nc2c1c(C)nn2Cc1ccc(Oc2ccccc2)cc1. The van der Waals surface area contributed by atoms with Gasteiger partial charge in [0.25, 0.3) is 0 Å². The van der Waals surface area contributed by atoms with Crippen LogP contribution < -0.4 is 4.74 Å². The third-order valence-corrected chi connectivity index (χ3v) is 5.46. The van der Waals surface area contributed by atoms with Gasteiger partial charge in [0.1, 0.15) is 17.3 Å². The predicted molar refractivity (Wildman–Crippen MR) is 136 cm³/mol. The molecule has 0 unspecified atom stereocenters. The number of nitrogens with zero attached hydrogens (tertiary/aromatic N) is 4. The fraction of sp³-hybridized carbons (Fsp3) is 0.143. The number of carbonyl (C=O) groups is 1. The zero-order valence-electron chi connectivity index (χ0n) is 19.9. The number of hydrogen-bond donors (Lipinski definition) is 0. The molecule has 0 saturated carbocycles. The lowest BCUT2D eigenvalue weighted by Crippen LogP contribution is -2.07. The van der Waals surface area contributed by atoms with Gasteiger partial charge < -0.3 is 13.9 Å². The van der Waals surface area contributed by atoms with E-state index in [1.54, 1.807) is 42.3 Å². The summed E-state index contributed by atoms with van der Waals surface area (Å²) in [7, 11) is 0. The largest absolute Gasteiger partial charge is 0.463 e. The summed E-state index contributed by atoms with van der Waals surface area (Å²) >= 11 is 0. The second-order valence-electron chi connectivity index (χ2n) is 8.02. The van der Waals surface area contributed by atoms with Gasteiger partial charge in [0, 0.05) is 0 Å². The van der Waals surface area contributed by atoms with Crippen LogP contribution in [-0.4, -0.2) is 33.6 Å². The Morgan fingerprint density at radius 1 is 1.06 bits per heavy atom. The number of aliphatic imine (C=N–C) groups is 1. The molecule has 3 aromatic heterocycles. The molecule has 0 saturated heterocycles. The van der Waals surface area contributed by atoms with Gasteiger partial charge in [-0.25, -0.2) is 19.5 Å². The Morgan fingerprint density at radius 3 is 2.56 bits per heavy atom. The first-order chi connectivity index (χ1) is 17.6. The Morgan fingerprint density at radius 2 is 1.83 bits per heavy atom. The number of hydrogen-bond acceptors (Lipinski definition) is 7. The number of aromatic nitrogens is 3. The highest BCUT2D eigenvalue weighted by Gasteiger charge is 2.20. The van der Waals surface area contributed by atoms with E-state index in [4.69, 9.17) is 18.9 Å². The Bertz CT molecular complexity index is 1510. The smallest absolute Gasteiger partial charge is 0.339 e. The first-order valence-corrected chi connectivity index (χ1v) is 11.6. The van der Waals surface area contributed by atoms with Gasteiger partial charge in [-0.1, -0.05) is 30.3 Å². The van der Waals surface area contributed by atoms with Crippen molar-refractivity contribution in [2.45, 2.75) is 20.4 Å². The highest BCUT2D eigenvalue weighted by Crippen LogP contribution is 2.27. The third kappa shape index (κ3) is 5.02. The minimum Gasteiger partial charge on any atom is -0.463 e. The van der Waals surface area contributed by atoms with Crippen LogP contribution in [0.4, 0.5) is 5.82 Å². The zero-order valence-corrected chi connectivity index (χ0v) is 19.9. The van der Waals surface area contributed by atoms with Crippen molar-refractivity contribution in [3.63, 3.8) is 0 Å². The van der Waals surface area contributed by atoms with Crippen molar-refractivity contribution < 1.29 is 18.7 Å². The fourth-order valence-corrected chi connectivity index (χ4v) is 3.84. The highest BCUT2D eigenvalue weighted by atomic mass is 16.5. The minimum atomic E-state index is -0.440. The van der Waals surface area contributed by atoms with E-state index >= 15 is 0 Å². The molecule has 5 aromatic rings. The second kappa shape index (κ2) is 10.3. The van der Waals surface area contributed by atoms with Crippen molar-refractivity contribution in [2.75, 3.05) is 6.61 Å². The van der Waals surface area contributed by atoms with Crippen LogP contribution in [0, 0.1) is 6.92 Å². The molecule has 0 amide bonds. The average Bonchev–Trinajstić information content (AvgIpc) is 3.52. The van der Waals surface area contributed by atoms with Gasteiger partial charge in [-0.3, -0.25) is 0 Å². The van der Waals surface area contributed by atoms with E-state index in [-0.39, 0.29) is 6.61 Å². The number of fused-ring (bicyclic) bond motifs is 1. The molecule has 2 aromatic carbocycles. The number of benzene rings is 2. The molecule has 8 nitrogen and oxygen atoms in total. The van der Waals surface area contributed by atoms with Crippen LogP contribution in [-0.2, 0) is 11.3 Å². The van der Waals surface area contributed by atoms with Crippen LogP contribution in [0.1, 0.15) is 34.3 Å². The molecule has 180 valence electrons. The van der Waals surface area contributed by atoms with Crippen molar-refractivity contribution >= 4 is 29.0 Å². The van der Waals surface area contributed by atoms with Crippen LogP contribution in [0.3, 0.4) is 0 Å². The number of rotatable bonds is 8. The van der Waals surface area contributed by atoms with Crippen molar-refractivity contribution in [1.82, 2.24) is 14.8 Å². The lowest BCUT2D eigenvalue weighted by atomic mass is 10.1. The molecule has 0 bridgehead atoms. The Hall–Kier alpha value is -4.72. The quantitative estimate of drug-likeness (QED) is 0.197. The third-order valence-electron chi connectivity index (χ3n) is 5.46. The molecular weight excluding hydrogens is 456 g/mol. The topological polar surface area (TPSA) is 91.7 Å². The maximum atomic E-state index is 12.8. The molecular formula is C28H24N4O4. The summed E-state index contributed by atoms with van der Waals surface area (Å²) < 4.78 is 18.3. The number of aryl methyl sites for hydroxylation is 1. The van der Waals surface area contributed by atoms with Crippen molar-refractivity contribution in [3.05, 3.63) is 102 Å². The van der Waals surface area contributed by atoms with E-state index < -0.39 is 5.97 Å².